The first-order chi connectivity index (χ1) is 9.76. The standard InChI is InChI=1S/C10H10F3N3O4S/c11-10(12,13)15-8(16-21(18)19)14-9(17)20-6-7-4-2-1-3-5-7/h1-5H,6H2,(H,18,19)(H2,14,15,16,17)/p-1. The van der Waals surface area contributed by atoms with Crippen LogP contribution in [0.1, 0.15) is 5.56 Å². The van der Waals surface area contributed by atoms with E-state index >= 15 is 0 Å². The van der Waals surface area contributed by atoms with Crippen LogP contribution >= 0.6 is 0 Å². The molecule has 0 fully saturated rings. The Hall–Kier alpha value is -2.14. The number of aliphatic imine (C=N–C) groups is 1. The van der Waals surface area contributed by atoms with E-state index in [4.69, 9.17) is 0 Å². The average molecular weight is 324 g/mol. The molecule has 1 amide bonds. The highest BCUT2D eigenvalue weighted by Crippen LogP contribution is 2.15. The fourth-order valence-electron chi connectivity index (χ4n) is 1.14. The predicted octanol–water partition coefficient (Wildman–Crippen LogP) is 1.17. The molecule has 0 aliphatic carbocycles. The van der Waals surface area contributed by atoms with Crippen LogP contribution < -0.4 is 10.0 Å². The van der Waals surface area contributed by atoms with Gasteiger partial charge in [0.2, 0.25) is 5.96 Å². The monoisotopic (exact) mass is 324 g/mol. The van der Waals surface area contributed by atoms with Gasteiger partial charge < -0.3 is 9.29 Å². The number of benzene rings is 1. The summed E-state index contributed by atoms with van der Waals surface area (Å²) in [5.41, 5.74) is 0.599. The van der Waals surface area contributed by atoms with Crippen molar-refractivity contribution in [2.75, 3.05) is 0 Å². The molecule has 1 atom stereocenters. The summed E-state index contributed by atoms with van der Waals surface area (Å²) in [5, 5.41) is 1.54. The number of guanidine groups is 1. The molecule has 0 saturated heterocycles. The molecule has 0 saturated carbocycles. The topological polar surface area (TPSA) is 103 Å². The lowest BCUT2D eigenvalue weighted by Crippen LogP contribution is -2.43. The number of nitrogens with one attached hydrogen (secondary N) is 2. The Labute approximate surface area is 119 Å². The second-order valence-corrected chi connectivity index (χ2v) is 4.13. The van der Waals surface area contributed by atoms with Crippen molar-refractivity contribution in [2.24, 2.45) is 4.99 Å². The second-order valence-electron chi connectivity index (χ2n) is 3.45. The largest absolute Gasteiger partial charge is 0.755 e. The molecule has 0 spiro atoms. The minimum Gasteiger partial charge on any atom is -0.755 e. The number of nitrogens with zero attached hydrogens (tertiary/aromatic N) is 1. The number of halogens is 3. The summed E-state index contributed by atoms with van der Waals surface area (Å²) in [6, 6.07) is 8.33. The van der Waals surface area contributed by atoms with Crippen LogP contribution in [0.2, 0.25) is 0 Å². The lowest BCUT2D eigenvalue weighted by atomic mass is 10.2. The minimum absolute atomic E-state index is 0.202. The summed E-state index contributed by atoms with van der Waals surface area (Å²) < 4.78 is 62.6. The van der Waals surface area contributed by atoms with Crippen molar-refractivity contribution in [3.8, 4) is 0 Å². The lowest BCUT2D eigenvalue weighted by molar-refractivity contribution is -0.119. The van der Waals surface area contributed by atoms with Crippen LogP contribution in [0.25, 0.3) is 0 Å². The third kappa shape index (κ3) is 7.89. The molecule has 1 unspecified atom stereocenters. The molecule has 1 aromatic carbocycles. The molecule has 7 nitrogen and oxygen atoms in total. The van der Waals surface area contributed by atoms with Crippen LogP contribution in [-0.4, -0.2) is 27.1 Å². The fraction of sp³-hybridized carbons (Fsp3) is 0.200. The number of alkyl halides is 3. The minimum atomic E-state index is -5.06. The molecule has 21 heavy (non-hydrogen) atoms. The molecule has 0 heterocycles. The summed E-state index contributed by atoms with van der Waals surface area (Å²) in [5.74, 6) is -1.31. The Kier molecular flexibility index (Phi) is 6.11. The number of carbonyl (C=O) groups excluding carboxylic acids is 1. The Bertz CT molecular complexity index is 536. The number of rotatable bonds is 3. The zero-order valence-corrected chi connectivity index (χ0v) is 11.0. The molecule has 0 radical (unpaired) electrons. The van der Waals surface area contributed by atoms with Gasteiger partial charge in [-0.1, -0.05) is 30.3 Å². The normalized spacial score (nSPS) is 13.4. The van der Waals surface area contributed by atoms with E-state index in [0.717, 1.165) is 0 Å². The van der Waals surface area contributed by atoms with Gasteiger partial charge in [-0.15, -0.1) is 18.2 Å². The van der Waals surface area contributed by atoms with Crippen molar-refractivity contribution in [3.05, 3.63) is 35.9 Å². The third-order valence-corrected chi connectivity index (χ3v) is 2.21. The smallest absolute Gasteiger partial charge is 0.506 e. The highest BCUT2D eigenvalue weighted by Gasteiger charge is 2.28. The first kappa shape index (κ1) is 16.9. The van der Waals surface area contributed by atoms with Gasteiger partial charge in [0, 0.05) is 11.3 Å². The Morgan fingerprint density at radius 2 is 1.95 bits per heavy atom. The van der Waals surface area contributed by atoms with Gasteiger partial charge in [0.1, 0.15) is 6.61 Å². The highest BCUT2D eigenvalue weighted by molar-refractivity contribution is 7.77. The molecule has 116 valence electrons. The molecule has 11 heteroatoms. The van der Waals surface area contributed by atoms with Crippen LogP contribution in [0.15, 0.2) is 35.3 Å². The van der Waals surface area contributed by atoms with Gasteiger partial charge in [0.05, 0.1) is 0 Å². The maximum atomic E-state index is 12.0. The molecular formula is C10H9F3N3O4S-. The van der Waals surface area contributed by atoms with Gasteiger partial charge in [0.15, 0.2) is 0 Å². The highest BCUT2D eigenvalue weighted by atomic mass is 32.2. The van der Waals surface area contributed by atoms with Crippen molar-refractivity contribution in [3.63, 3.8) is 0 Å². The maximum Gasteiger partial charge on any atom is 0.506 e. The van der Waals surface area contributed by atoms with Crippen molar-refractivity contribution in [2.45, 2.75) is 12.9 Å². The van der Waals surface area contributed by atoms with E-state index in [-0.39, 0.29) is 6.61 Å². The maximum absolute atomic E-state index is 12.0. The van der Waals surface area contributed by atoms with Gasteiger partial charge in [-0.3, -0.25) is 14.2 Å². The molecular weight excluding hydrogens is 315 g/mol. The molecule has 0 aliphatic rings. The van der Waals surface area contributed by atoms with E-state index in [1.165, 1.54) is 10.0 Å². The van der Waals surface area contributed by atoms with Gasteiger partial charge in [-0.2, -0.15) is 0 Å². The second kappa shape index (κ2) is 7.59. The molecule has 1 rings (SSSR count). The van der Waals surface area contributed by atoms with Gasteiger partial charge in [-0.05, 0) is 5.56 Å². The van der Waals surface area contributed by atoms with Gasteiger partial charge >= 0.3 is 12.4 Å². The third-order valence-electron chi connectivity index (χ3n) is 1.85. The zero-order valence-electron chi connectivity index (χ0n) is 10.2. The van der Waals surface area contributed by atoms with Crippen LogP contribution in [0.4, 0.5) is 18.0 Å². The predicted molar refractivity (Wildman–Crippen MR) is 65.3 cm³/mol. The van der Waals surface area contributed by atoms with E-state index in [0.29, 0.717) is 5.56 Å². The van der Waals surface area contributed by atoms with Crippen LogP contribution in [-0.2, 0) is 22.6 Å². The molecule has 0 bridgehead atoms. The zero-order chi connectivity index (χ0) is 15.9. The van der Waals surface area contributed by atoms with Gasteiger partial charge in [-0.25, -0.2) is 4.79 Å². The van der Waals surface area contributed by atoms with Crippen LogP contribution in [0, 0.1) is 0 Å². The summed E-state index contributed by atoms with van der Waals surface area (Å²) in [7, 11) is 0. The van der Waals surface area contributed by atoms with Crippen LogP contribution in [0.3, 0.4) is 0 Å². The number of hydrogen-bond donors (Lipinski definition) is 2. The van der Waals surface area contributed by atoms with E-state index in [9.17, 15) is 26.7 Å². The van der Waals surface area contributed by atoms with E-state index in [1.54, 1.807) is 30.3 Å². The number of hydrogen-bond acceptors (Lipinski definition) is 5. The van der Waals surface area contributed by atoms with E-state index < -0.39 is 29.6 Å². The Morgan fingerprint density at radius 3 is 2.48 bits per heavy atom. The van der Waals surface area contributed by atoms with Crippen molar-refractivity contribution in [1.82, 2.24) is 10.0 Å². The molecule has 1 aromatic rings. The number of alkyl carbamates (subject to hydrolysis) is 1. The quantitative estimate of drug-likeness (QED) is 0.377. The van der Waals surface area contributed by atoms with Crippen molar-refractivity contribution in [1.29, 1.82) is 0 Å². The molecule has 0 aliphatic heterocycles. The Balaban J connectivity index is 2.60. The van der Waals surface area contributed by atoms with Crippen LogP contribution in [0.5, 0.6) is 0 Å². The molecule has 2 N–H and O–H groups in total. The summed E-state index contributed by atoms with van der Waals surface area (Å²) >= 11 is -3.09. The number of carbonyl (C=O) groups is 1. The average Bonchev–Trinajstić information content (AvgIpc) is 2.34. The van der Waals surface area contributed by atoms with Crippen molar-refractivity contribution < 1.29 is 31.5 Å². The first-order valence-electron chi connectivity index (χ1n) is 5.26. The first-order valence-corrected chi connectivity index (χ1v) is 6.34. The SMILES string of the molecule is O=C(NC(=NC(F)(F)F)NS(=O)[O-])OCc1ccccc1. The van der Waals surface area contributed by atoms with E-state index in [1.807, 2.05) is 4.99 Å². The lowest BCUT2D eigenvalue weighted by Gasteiger charge is -2.13. The fourth-order valence-corrected chi connectivity index (χ4v) is 1.39. The van der Waals surface area contributed by atoms with Crippen molar-refractivity contribution >= 4 is 23.3 Å². The summed E-state index contributed by atoms with van der Waals surface area (Å²) in [6.45, 7) is -0.202. The summed E-state index contributed by atoms with van der Waals surface area (Å²) in [6.07, 6.45) is -6.35. The molecule has 0 aromatic heterocycles. The summed E-state index contributed by atoms with van der Waals surface area (Å²) in [4.78, 5) is 13.3. The number of amides is 1. The Morgan fingerprint density at radius 1 is 1.33 bits per heavy atom. The number of ether oxygens (including phenoxy) is 1. The van der Waals surface area contributed by atoms with Gasteiger partial charge in [0.25, 0.3) is 0 Å². The van der Waals surface area contributed by atoms with E-state index in [2.05, 4.69) is 4.74 Å².